The molecule has 0 aromatic heterocycles. The summed E-state index contributed by atoms with van der Waals surface area (Å²) in [5, 5.41) is 2.93. The fraction of sp³-hybridized carbons (Fsp3) is 0.909. The number of rotatable bonds is 5. The van der Waals surface area contributed by atoms with Gasteiger partial charge in [0.05, 0.1) is 31.3 Å². The minimum Gasteiger partial charge on any atom is -0.464 e. The number of hydrogen-bond donors (Lipinski definition) is 1. The largest absolute Gasteiger partial charge is 0.464 e. The SMILES string of the molecule is O=C(CNC1CCS(=O)(=O)C1)OCC1CCOC1. The van der Waals surface area contributed by atoms with Crippen molar-refractivity contribution in [3.05, 3.63) is 0 Å². The zero-order valence-electron chi connectivity index (χ0n) is 10.3. The minimum atomic E-state index is -2.90. The summed E-state index contributed by atoms with van der Waals surface area (Å²) in [6.45, 7) is 1.86. The Hall–Kier alpha value is -0.660. The summed E-state index contributed by atoms with van der Waals surface area (Å²) in [7, 11) is -2.90. The zero-order chi connectivity index (χ0) is 13.0. The molecule has 0 aromatic rings. The van der Waals surface area contributed by atoms with Crippen LogP contribution in [-0.4, -0.2) is 58.3 Å². The van der Waals surface area contributed by atoms with Crippen LogP contribution in [0.15, 0.2) is 0 Å². The summed E-state index contributed by atoms with van der Waals surface area (Å²) in [6, 6.07) is -0.114. The standard InChI is InChI=1S/C11H19NO5S/c13-11(17-7-9-1-3-16-6-9)5-12-10-2-4-18(14,15)8-10/h9-10,12H,1-8H2. The highest BCUT2D eigenvalue weighted by atomic mass is 32.2. The van der Waals surface area contributed by atoms with Crippen LogP contribution in [0.2, 0.25) is 0 Å². The number of nitrogens with one attached hydrogen (secondary N) is 1. The molecule has 6 nitrogen and oxygen atoms in total. The lowest BCUT2D eigenvalue weighted by Crippen LogP contribution is -2.35. The summed E-state index contributed by atoms with van der Waals surface area (Å²) < 4.78 is 32.7. The quantitative estimate of drug-likeness (QED) is 0.672. The van der Waals surface area contributed by atoms with Crippen molar-refractivity contribution in [3.63, 3.8) is 0 Å². The Morgan fingerprint density at radius 2 is 2.22 bits per heavy atom. The van der Waals surface area contributed by atoms with E-state index in [1.165, 1.54) is 0 Å². The maximum atomic E-state index is 11.4. The molecule has 2 saturated heterocycles. The smallest absolute Gasteiger partial charge is 0.319 e. The molecule has 2 heterocycles. The molecule has 2 atom stereocenters. The van der Waals surface area contributed by atoms with Gasteiger partial charge in [-0.25, -0.2) is 8.42 Å². The van der Waals surface area contributed by atoms with Crippen molar-refractivity contribution in [2.45, 2.75) is 18.9 Å². The van der Waals surface area contributed by atoms with Gasteiger partial charge in [-0.3, -0.25) is 4.79 Å². The van der Waals surface area contributed by atoms with E-state index in [4.69, 9.17) is 9.47 Å². The monoisotopic (exact) mass is 277 g/mol. The number of carbonyl (C=O) groups is 1. The van der Waals surface area contributed by atoms with E-state index >= 15 is 0 Å². The summed E-state index contributed by atoms with van der Waals surface area (Å²) in [4.78, 5) is 11.4. The van der Waals surface area contributed by atoms with Crippen LogP contribution in [0.3, 0.4) is 0 Å². The lowest BCUT2D eigenvalue weighted by Gasteiger charge is -2.12. The molecule has 2 unspecified atom stereocenters. The van der Waals surface area contributed by atoms with Crippen molar-refractivity contribution in [1.82, 2.24) is 5.32 Å². The minimum absolute atomic E-state index is 0.0771. The second kappa shape index (κ2) is 5.99. The van der Waals surface area contributed by atoms with E-state index in [9.17, 15) is 13.2 Å². The molecule has 7 heteroatoms. The van der Waals surface area contributed by atoms with E-state index in [2.05, 4.69) is 5.32 Å². The molecule has 104 valence electrons. The van der Waals surface area contributed by atoms with Gasteiger partial charge in [0.15, 0.2) is 9.84 Å². The van der Waals surface area contributed by atoms with E-state index in [0.29, 0.717) is 25.6 Å². The highest BCUT2D eigenvalue weighted by molar-refractivity contribution is 7.91. The average molecular weight is 277 g/mol. The Bertz CT molecular complexity index is 388. The van der Waals surface area contributed by atoms with Crippen LogP contribution in [0.4, 0.5) is 0 Å². The second-order valence-electron chi connectivity index (χ2n) is 4.89. The molecule has 0 saturated carbocycles. The van der Waals surface area contributed by atoms with Gasteiger partial charge in [0.2, 0.25) is 0 Å². The van der Waals surface area contributed by atoms with Crippen LogP contribution in [0.25, 0.3) is 0 Å². The van der Waals surface area contributed by atoms with Crippen LogP contribution in [0, 0.1) is 5.92 Å². The first-order valence-electron chi connectivity index (χ1n) is 6.22. The third-order valence-electron chi connectivity index (χ3n) is 3.27. The molecule has 0 amide bonds. The maximum Gasteiger partial charge on any atom is 0.319 e. The molecule has 2 fully saturated rings. The number of esters is 1. The number of carbonyl (C=O) groups excluding carboxylic acids is 1. The third-order valence-corrected chi connectivity index (χ3v) is 5.04. The molecule has 2 rings (SSSR count). The highest BCUT2D eigenvalue weighted by Gasteiger charge is 2.28. The molecule has 2 aliphatic heterocycles. The molecule has 2 aliphatic rings. The Kier molecular flexibility index (Phi) is 4.58. The van der Waals surface area contributed by atoms with Crippen LogP contribution < -0.4 is 5.32 Å². The van der Waals surface area contributed by atoms with Crippen molar-refractivity contribution in [3.8, 4) is 0 Å². The molecule has 18 heavy (non-hydrogen) atoms. The predicted octanol–water partition coefficient (Wildman–Crippen LogP) is -0.657. The summed E-state index contributed by atoms with van der Waals surface area (Å²) in [6.07, 6.45) is 1.51. The van der Waals surface area contributed by atoms with Crippen LogP contribution in [-0.2, 0) is 24.1 Å². The molecular formula is C11H19NO5S. The molecule has 1 N–H and O–H groups in total. The summed E-state index contributed by atoms with van der Waals surface area (Å²) in [5.41, 5.74) is 0. The van der Waals surface area contributed by atoms with E-state index < -0.39 is 9.84 Å². The van der Waals surface area contributed by atoms with Crippen molar-refractivity contribution >= 4 is 15.8 Å². The zero-order valence-corrected chi connectivity index (χ0v) is 11.1. The van der Waals surface area contributed by atoms with Crippen molar-refractivity contribution in [2.75, 3.05) is 37.9 Å². The van der Waals surface area contributed by atoms with Crippen molar-refractivity contribution in [1.29, 1.82) is 0 Å². The summed E-state index contributed by atoms with van der Waals surface area (Å²) >= 11 is 0. The Labute approximate surface area is 107 Å². The maximum absolute atomic E-state index is 11.4. The second-order valence-corrected chi connectivity index (χ2v) is 7.12. The van der Waals surface area contributed by atoms with E-state index in [1.807, 2.05) is 0 Å². The fourth-order valence-corrected chi connectivity index (χ4v) is 3.87. The lowest BCUT2D eigenvalue weighted by atomic mass is 10.1. The van der Waals surface area contributed by atoms with E-state index in [-0.39, 0.29) is 30.1 Å². The van der Waals surface area contributed by atoms with Gasteiger partial charge < -0.3 is 14.8 Å². The van der Waals surface area contributed by atoms with Gasteiger partial charge in [-0.1, -0.05) is 0 Å². The first-order chi connectivity index (χ1) is 8.55. The van der Waals surface area contributed by atoms with Gasteiger partial charge in [0.1, 0.15) is 0 Å². The van der Waals surface area contributed by atoms with E-state index in [1.54, 1.807) is 0 Å². The number of sulfone groups is 1. The van der Waals surface area contributed by atoms with Gasteiger partial charge in [0, 0.05) is 18.6 Å². The first kappa shape index (κ1) is 13.8. The first-order valence-corrected chi connectivity index (χ1v) is 8.04. The average Bonchev–Trinajstić information content (AvgIpc) is 2.93. The number of ether oxygens (including phenoxy) is 2. The van der Waals surface area contributed by atoms with Gasteiger partial charge in [0.25, 0.3) is 0 Å². The molecule has 0 aromatic carbocycles. The Morgan fingerprint density at radius 3 is 2.83 bits per heavy atom. The molecule has 0 radical (unpaired) electrons. The van der Waals surface area contributed by atoms with Crippen LogP contribution in [0.5, 0.6) is 0 Å². The van der Waals surface area contributed by atoms with Crippen LogP contribution in [0.1, 0.15) is 12.8 Å². The van der Waals surface area contributed by atoms with Gasteiger partial charge in [-0.2, -0.15) is 0 Å². The number of hydrogen-bond acceptors (Lipinski definition) is 6. The van der Waals surface area contributed by atoms with Gasteiger partial charge in [-0.05, 0) is 12.8 Å². The summed E-state index contributed by atoms with van der Waals surface area (Å²) in [5.74, 6) is 0.308. The fourth-order valence-electron chi connectivity index (χ4n) is 2.16. The highest BCUT2D eigenvalue weighted by Crippen LogP contribution is 2.13. The molecule has 0 aliphatic carbocycles. The van der Waals surface area contributed by atoms with Crippen LogP contribution >= 0.6 is 0 Å². The topological polar surface area (TPSA) is 81.7 Å². The van der Waals surface area contributed by atoms with Gasteiger partial charge >= 0.3 is 5.97 Å². The molecule has 0 spiro atoms. The lowest BCUT2D eigenvalue weighted by molar-refractivity contribution is -0.144. The molecule has 0 bridgehead atoms. The Balaban J connectivity index is 1.60. The van der Waals surface area contributed by atoms with Crippen molar-refractivity contribution < 1.29 is 22.7 Å². The predicted molar refractivity (Wildman–Crippen MR) is 64.9 cm³/mol. The normalized spacial score (nSPS) is 30.4. The molecular weight excluding hydrogens is 258 g/mol. The van der Waals surface area contributed by atoms with Crippen molar-refractivity contribution in [2.24, 2.45) is 5.92 Å². The van der Waals surface area contributed by atoms with Gasteiger partial charge in [-0.15, -0.1) is 0 Å². The van der Waals surface area contributed by atoms with E-state index in [0.717, 1.165) is 13.0 Å². The third kappa shape index (κ3) is 4.22. The Morgan fingerprint density at radius 1 is 1.39 bits per heavy atom.